The first-order valence-corrected chi connectivity index (χ1v) is 10.3. The Labute approximate surface area is 166 Å². The first kappa shape index (κ1) is 21.0. The molecule has 1 amide bonds. The van der Waals surface area contributed by atoms with Crippen LogP contribution in [0.5, 0.6) is 17.2 Å². The maximum Gasteiger partial charge on any atom is 0.264 e. The Morgan fingerprint density at radius 2 is 1.70 bits per heavy atom. The molecule has 0 aliphatic rings. The SMILES string of the molecule is CCOc1ccc(S(=O)(=O)NC(=O)Cc2cc(OC)cc(OC)c2)cc1Br. The van der Waals surface area contributed by atoms with Crippen molar-refractivity contribution in [3.05, 3.63) is 46.4 Å². The molecule has 0 aromatic heterocycles. The monoisotopic (exact) mass is 457 g/mol. The van der Waals surface area contributed by atoms with Crippen LogP contribution in [0.2, 0.25) is 0 Å². The van der Waals surface area contributed by atoms with Crippen LogP contribution < -0.4 is 18.9 Å². The van der Waals surface area contributed by atoms with Gasteiger partial charge in [-0.05, 0) is 58.7 Å². The van der Waals surface area contributed by atoms with Crippen molar-refractivity contribution in [3.63, 3.8) is 0 Å². The second-order valence-electron chi connectivity index (χ2n) is 5.45. The quantitative estimate of drug-likeness (QED) is 0.655. The van der Waals surface area contributed by atoms with Gasteiger partial charge in [0.05, 0.1) is 36.6 Å². The van der Waals surface area contributed by atoms with E-state index in [1.807, 2.05) is 6.92 Å². The summed E-state index contributed by atoms with van der Waals surface area (Å²) in [6.07, 6.45) is -0.148. The third-order valence-electron chi connectivity index (χ3n) is 3.54. The zero-order valence-electron chi connectivity index (χ0n) is 15.1. The molecule has 7 nitrogen and oxygen atoms in total. The van der Waals surface area contributed by atoms with Crippen molar-refractivity contribution in [1.29, 1.82) is 0 Å². The molecule has 0 aliphatic carbocycles. The van der Waals surface area contributed by atoms with Gasteiger partial charge in [-0.15, -0.1) is 0 Å². The second kappa shape index (κ2) is 9.09. The fourth-order valence-corrected chi connectivity index (χ4v) is 3.97. The van der Waals surface area contributed by atoms with Crippen molar-refractivity contribution < 1.29 is 27.4 Å². The molecule has 0 radical (unpaired) electrons. The molecule has 146 valence electrons. The number of carbonyl (C=O) groups is 1. The van der Waals surface area contributed by atoms with E-state index in [1.54, 1.807) is 18.2 Å². The Bertz CT molecular complexity index is 907. The van der Waals surface area contributed by atoms with Crippen LogP contribution in [0.1, 0.15) is 12.5 Å². The van der Waals surface area contributed by atoms with Gasteiger partial charge in [0.2, 0.25) is 5.91 Å². The molecule has 0 bridgehead atoms. The van der Waals surface area contributed by atoms with E-state index in [9.17, 15) is 13.2 Å². The van der Waals surface area contributed by atoms with E-state index in [4.69, 9.17) is 14.2 Å². The van der Waals surface area contributed by atoms with Gasteiger partial charge >= 0.3 is 0 Å². The van der Waals surface area contributed by atoms with Gasteiger partial charge in [-0.3, -0.25) is 4.79 Å². The van der Waals surface area contributed by atoms with Gasteiger partial charge in [0.25, 0.3) is 10.0 Å². The zero-order valence-corrected chi connectivity index (χ0v) is 17.5. The van der Waals surface area contributed by atoms with Gasteiger partial charge in [-0.2, -0.15) is 0 Å². The normalized spacial score (nSPS) is 11.0. The first-order valence-electron chi connectivity index (χ1n) is 7.99. The molecule has 0 atom stereocenters. The van der Waals surface area contributed by atoms with E-state index in [0.29, 0.717) is 33.9 Å². The van der Waals surface area contributed by atoms with Gasteiger partial charge in [-0.25, -0.2) is 13.1 Å². The van der Waals surface area contributed by atoms with Crippen molar-refractivity contribution in [2.24, 2.45) is 0 Å². The van der Waals surface area contributed by atoms with Gasteiger partial charge in [-0.1, -0.05) is 0 Å². The molecule has 27 heavy (non-hydrogen) atoms. The molecule has 2 rings (SSSR count). The van der Waals surface area contributed by atoms with E-state index in [2.05, 4.69) is 20.7 Å². The molecule has 0 unspecified atom stereocenters. The predicted molar refractivity (Wildman–Crippen MR) is 104 cm³/mol. The van der Waals surface area contributed by atoms with Crippen LogP contribution in [0, 0.1) is 0 Å². The number of halogens is 1. The maximum atomic E-state index is 12.5. The predicted octanol–water partition coefficient (Wildman–Crippen LogP) is 2.91. The summed E-state index contributed by atoms with van der Waals surface area (Å²) >= 11 is 3.26. The first-order chi connectivity index (χ1) is 12.8. The molecule has 9 heteroatoms. The minimum atomic E-state index is -4.01. The van der Waals surface area contributed by atoms with Crippen LogP contribution in [0.25, 0.3) is 0 Å². The number of nitrogens with one attached hydrogen (secondary N) is 1. The number of benzene rings is 2. The third kappa shape index (κ3) is 5.61. The Balaban J connectivity index is 2.16. The molecule has 2 aromatic carbocycles. The minimum absolute atomic E-state index is 0.0469. The lowest BCUT2D eigenvalue weighted by molar-refractivity contribution is -0.118. The van der Waals surface area contributed by atoms with Crippen molar-refractivity contribution in [2.75, 3.05) is 20.8 Å². The van der Waals surface area contributed by atoms with E-state index in [-0.39, 0.29) is 11.3 Å². The Hall–Kier alpha value is -2.26. The summed E-state index contributed by atoms with van der Waals surface area (Å²) in [7, 11) is -1.03. The summed E-state index contributed by atoms with van der Waals surface area (Å²) in [6, 6.07) is 9.23. The largest absolute Gasteiger partial charge is 0.497 e. The fourth-order valence-electron chi connectivity index (χ4n) is 2.32. The summed E-state index contributed by atoms with van der Waals surface area (Å²) in [5.74, 6) is 0.868. The average molecular weight is 458 g/mol. The number of carbonyl (C=O) groups excluding carboxylic acids is 1. The summed E-state index contributed by atoms with van der Waals surface area (Å²) in [5, 5.41) is 0. The molecule has 0 saturated heterocycles. The Morgan fingerprint density at radius 1 is 1.07 bits per heavy atom. The standard InChI is InChI=1S/C18H20BrNO6S/c1-4-26-17-6-5-15(11-16(17)19)27(22,23)20-18(21)9-12-7-13(24-2)10-14(8-12)25-3/h5-8,10-11H,4,9H2,1-3H3,(H,20,21). The van der Waals surface area contributed by atoms with Crippen LogP contribution in [-0.2, 0) is 21.2 Å². The smallest absolute Gasteiger partial charge is 0.264 e. The van der Waals surface area contributed by atoms with Gasteiger partial charge in [0, 0.05) is 6.07 Å². The van der Waals surface area contributed by atoms with Crippen molar-refractivity contribution in [2.45, 2.75) is 18.2 Å². The number of rotatable bonds is 8. The molecular weight excluding hydrogens is 438 g/mol. The van der Waals surface area contributed by atoms with Crippen LogP contribution in [-0.4, -0.2) is 35.2 Å². The third-order valence-corrected chi connectivity index (χ3v) is 5.53. The lowest BCUT2D eigenvalue weighted by atomic mass is 10.1. The summed E-state index contributed by atoms with van der Waals surface area (Å²) in [5.41, 5.74) is 0.562. The molecule has 0 spiro atoms. The fraction of sp³-hybridized carbons (Fsp3) is 0.278. The van der Waals surface area contributed by atoms with E-state index < -0.39 is 15.9 Å². The Kier molecular flexibility index (Phi) is 7.09. The number of amides is 1. The highest BCUT2D eigenvalue weighted by Gasteiger charge is 2.19. The number of sulfonamides is 1. The molecule has 1 N–H and O–H groups in total. The summed E-state index contributed by atoms with van der Waals surface area (Å²) < 4.78 is 43.1. The van der Waals surface area contributed by atoms with Crippen LogP contribution in [0.3, 0.4) is 0 Å². The van der Waals surface area contributed by atoms with Crippen molar-refractivity contribution in [1.82, 2.24) is 4.72 Å². The average Bonchev–Trinajstić information content (AvgIpc) is 2.62. The second-order valence-corrected chi connectivity index (χ2v) is 7.99. The lowest BCUT2D eigenvalue weighted by Crippen LogP contribution is -2.31. The highest BCUT2D eigenvalue weighted by Crippen LogP contribution is 2.28. The van der Waals surface area contributed by atoms with Gasteiger partial charge in [0.1, 0.15) is 17.2 Å². The number of methoxy groups -OCH3 is 2. The summed E-state index contributed by atoms with van der Waals surface area (Å²) in [4.78, 5) is 12.2. The summed E-state index contributed by atoms with van der Waals surface area (Å²) in [6.45, 7) is 2.27. The highest BCUT2D eigenvalue weighted by atomic mass is 79.9. The van der Waals surface area contributed by atoms with E-state index >= 15 is 0 Å². The topological polar surface area (TPSA) is 90.9 Å². The van der Waals surface area contributed by atoms with Crippen LogP contribution in [0.15, 0.2) is 45.8 Å². The van der Waals surface area contributed by atoms with E-state index in [1.165, 1.54) is 32.4 Å². The Morgan fingerprint density at radius 3 is 2.22 bits per heavy atom. The van der Waals surface area contributed by atoms with Gasteiger partial charge in [0.15, 0.2) is 0 Å². The lowest BCUT2D eigenvalue weighted by Gasteiger charge is -2.11. The number of ether oxygens (including phenoxy) is 3. The van der Waals surface area contributed by atoms with E-state index in [0.717, 1.165) is 0 Å². The zero-order chi connectivity index (χ0) is 20.0. The highest BCUT2D eigenvalue weighted by molar-refractivity contribution is 9.10. The van der Waals surface area contributed by atoms with Crippen molar-refractivity contribution >= 4 is 31.9 Å². The molecule has 0 fully saturated rings. The van der Waals surface area contributed by atoms with Crippen LogP contribution >= 0.6 is 15.9 Å². The number of hydrogen-bond donors (Lipinski definition) is 1. The van der Waals surface area contributed by atoms with Crippen LogP contribution in [0.4, 0.5) is 0 Å². The van der Waals surface area contributed by atoms with Gasteiger partial charge < -0.3 is 14.2 Å². The molecule has 0 saturated carbocycles. The maximum absolute atomic E-state index is 12.5. The molecular formula is C18H20BrNO6S. The van der Waals surface area contributed by atoms with Crippen molar-refractivity contribution in [3.8, 4) is 17.2 Å². The number of hydrogen-bond acceptors (Lipinski definition) is 6. The molecule has 2 aromatic rings. The molecule has 0 aliphatic heterocycles. The molecule has 0 heterocycles. The minimum Gasteiger partial charge on any atom is -0.497 e.